The van der Waals surface area contributed by atoms with Crippen molar-refractivity contribution in [1.82, 2.24) is 14.8 Å². The molecule has 5 heteroatoms. The highest BCUT2D eigenvalue weighted by Gasteiger charge is 2.25. The number of morpholine rings is 1. The van der Waals surface area contributed by atoms with E-state index in [4.69, 9.17) is 4.74 Å². The largest absolute Gasteiger partial charge is 0.379 e. The summed E-state index contributed by atoms with van der Waals surface area (Å²) in [5.41, 5.74) is 2.41. The summed E-state index contributed by atoms with van der Waals surface area (Å²) >= 11 is 0. The number of carbonyl (C=O) groups is 1. The van der Waals surface area contributed by atoms with Crippen molar-refractivity contribution in [1.29, 1.82) is 0 Å². The van der Waals surface area contributed by atoms with E-state index >= 15 is 0 Å². The van der Waals surface area contributed by atoms with Crippen LogP contribution in [0.5, 0.6) is 0 Å². The van der Waals surface area contributed by atoms with Gasteiger partial charge < -0.3 is 9.64 Å². The van der Waals surface area contributed by atoms with Crippen molar-refractivity contribution in [2.75, 3.05) is 45.9 Å². The summed E-state index contributed by atoms with van der Waals surface area (Å²) in [5, 5.41) is 1.24. The molecule has 0 spiro atoms. The molecule has 1 aromatic carbocycles. The average Bonchev–Trinajstić information content (AvgIpc) is 2.69. The maximum atomic E-state index is 12.7. The number of carbonyl (C=O) groups excluding carboxylic acids is 1. The molecule has 4 rings (SSSR count). The van der Waals surface area contributed by atoms with Gasteiger partial charge in [-0.15, -0.1) is 0 Å². The number of ether oxygens (including phenoxy) is 1. The fourth-order valence-electron chi connectivity index (χ4n) is 4.16. The first-order valence-electron chi connectivity index (χ1n) is 9.70. The van der Waals surface area contributed by atoms with E-state index in [2.05, 4.69) is 39.0 Å². The molecule has 0 radical (unpaired) electrons. The van der Waals surface area contributed by atoms with E-state index in [0.29, 0.717) is 12.5 Å². The number of fused-ring (bicyclic) bond motifs is 1. The van der Waals surface area contributed by atoms with Crippen LogP contribution in [-0.4, -0.2) is 66.6 Å². The summed E-state index contributed by atoms with van der Waals surface area (Å²) in [5.74, 6) is 0.805. The third-order valence-corrected chi connectivity index (χ3v) is 5.58. The minimum atomic E-state index is 0.274. The number of benzene rings is 1. The lowest BCUT2D eigenvalue weighted by molar-refractivity contribution is -0.135. The maximum absolute atomic E-state index is 12.7. The summed E-state index contributed by atoms with van der Waals surface area (Å²) in [7, 11) is 0. The van der Waals surface area contributed by atoms with E-state index in [9.17, 15) is 4.79 Å². The first-order valence-corrected chi connectivity index (χ1v) is 9.70. The molecule has 2 fully saturated rings. The van der Waals surface area contributed by atoms with Crippen LogP contribution in [-0.2, 0) is 16.0 Å². The van der Waals surface area contributed by atoms with Crippen LogP contribution in [0.1, 0.15) is 18.4 Å². The number of nitrogens with zero attached hydrogens (tertiary/aromatic N) is 3. The van der Waals surface area contributed by atoms with Gasteiger partial charge in [0.2, 0.25) is 5.91 Å². The fraction of sp³-hybridized carbons (Fsp3) is 0.524. The molecule has 2 aliphatic heterocycles. The van der Waals surface area contributed by atoms with Crippen molar-refractivity contribution >= 4 is 16.8 Å². The molecule has 0 saturated carbocycles. The zero-order valence-electron chi connectivity index (χ0n) is 15.3. The lowest BCUT2D eigenvalue weighted by Crippen LogP contribution is -2.47. The highest BCUT2D eigenvalue weighted by atomic mass is 16.5. The number of pyridine rings is 1. The summed E-state index contributed by atoms with van der Waals surface area (Å²) < 4.78 is 5.37. The second kappa shape index (κ2) is 8.14. The van der Waals surface area contributed by atoms with Crippen molar-refractivity contribution in [3.8, 4) is 0 Å². The molecule has 1 atom stereocenters. The molecular weight excluding hydrogens is 326 g/mol. The Kier molecular flexibility index (Phi) is 5.46. The molecule has 2 aliphatic rings. The quantitative estimate of drug-likeness (QED) is 0.846. The van der Waals surface area contributed by atoms with Crippen molar-refractivity contribution in [3.63, 3.8) is 0 Å². The second-order valence-electron chi connectivity index (χ2n) is 7.43. The number of hydrogen-bond donors (Lipinski definition) is 0. The van der Waals surface area contributed by atoms with E-state index in [1.807, 2.05) is 12.3 Å². The van der Waals surface area contributed by atoms with Crippen LogP contribution in [0.3, 0.4) is 0 Å². The van der Waals surface area contributed by atoms with Gasteiger partial charge in [0.1, 0.15) is 0 Å². The van der Waals surface area contributed by atoms with Crippen LogP contribution in [0.4, 0.5) is 0 Å². The standard InChI is InChI=1S/C21H27N3O2/c25-21(16-23-10-12-26-13-11-23)24-9-3-4-17(15-24)14-18-5-1-7-20-19(18)6-2-8-22-20/h1-2,5-8,17H,3-4,9-16H2. The third-order valence-electron chi connectivity index (χ3n) is 5.58. The highest BCUT2D eigenvalue weighted by molar-refractivity contribution is 5.82. The van der Waals surface area contributed by atoms with Crippen LogP contribution in [0.2, 0.25) is 0 Å². The molecule has 2 saturated heterocycles. The van der Waals surface area contributed by atoms with E-state index in [0.717, 1.165) is 57.8 Å². The van der Waals surface area contributed by atoms with Crippen LogP contribution < -0.4 is 0 Å². The van der Waals surface area contributed by atoms with Crippen molar-refractivity contribution in [2.45, 2.75) is 19.3 Å². The normalized spacial score (nSPS) is 21.8. The molecule has 0 aliphatic carbocycles. The predicted molar refractivity (Wildman–Crippen MR) is 102 cm³/mol. The zero-order chi connectivity index (χ0) is 17.8. The smallest absolute Gasteiger partial charge is 0.236 e. The van der Waals surface area contributed by atoms with Crippen LogP contribution in [0, 0.1) is 5.92 Å². The van der Waals surface area contributed by atoms with Gasteiger partial charge in [0, 0.05) is 37.8 Å². The Bertz CT molecular complexity index is 753. The van der Waals surface area contributed by atoms with Gasteiger partial charge in [-0.25, -0.2) is 0 Å². The van der Waals surface area contributed by atoms with E-state index in [1.54, 1.807) is 0 Å². The van der Waals surface area contributed by atoms with Gasteiger partial charge in [-0.2, -0.15) is 0 Å². The van der Waals surface area contributed by atoms with Crippen LogP contribution >= 0.6 is 0 Å². The number of amides is 1. The number of aromatic nitrogens is 1. The van der Waals surface area contributed by atoms with Crippen molar-refractivity contribution < 1.29 is 9.53 Å². The first kappa shape index (κ1) is 17.4. The van der Waals surface area contributed by atoms with E-state index in [-0.39, 0.29) is 5.91 Å². The topological polar surface area (TPSA) is 45.7 Å². The van der Waals surface area contributed by atoms with Crippen LogP contribution in [0.15, 0.2) is 36.5 Å². The molecule has 0 N–H and O–H groups in total. The Balaban J connectivity index is 1.39. The summed E-state index contributed by atoms with van der Waals surface area (Å²) in [6.07, 6.45) is 5.16. The van der Waals surface area contributed by atoms with Gasteiger partial charge in [0.25, 0.3) is 0 Å². The molecular formula is C21H27N3O2. The molecule has 1 amide bonds. The van der Waals surface area contributed by atoms with Gasteiger partial charge in [-0.05, 0) is 42.9 Å². The van der Waals surface area contributed by atoms with Gasteiger partial charge in [0.05, 0.1) is 25.3 Å². The first-order chi connectivity index (χ1) is 12.8. The molecule has 1 unspecified atom stereocenters. The van der Waals surface area contributed by atoms with Crippen molar-refractivity contribution in [3.05, 3.63) is 42.1 Å². The lowest BCUT2D eigenvalue weighted by atomic mass is 9.89. The Labute approximate surface area is 154 Å². The number of rotatable bonds is 4. The third kappa shape index (κ3) is 4.05. The molecule has 26 heavy (non-hydrogen) atoms. The van der Waals surface area contributed by atoms with Gasteiger partial charge in [0.15, 0.2) is 0 Å². The highest BCUT2D eigenvalue weighted by Crippen LogP contribution is 2.25. The Hall–Kier alpha value is -1.98. The minimum Gasteiger partial charge on any atom is -0.379 e. The van der Waals surface area contributed by atoms with Gasteiger partial charge >= 0.3 is 0 Å². The van der Waals surface area contributed by atoms with E-state index < -0.39 is 0 Å². The average molecular weight is 353 g/mol. The molecule has 2 aromatic rings. The number of piperidine rings is 1. The minimum absolute atomic E-state index is 0.274. The molecule has 138 valence electrons. The Morgan fingerprint density at radius 1 is 1.15 bits per heavy atom. The second-order valence-corrected chi connectivity index (χ2v) is 7.43. The molecule has 3 heterocycles. The summed E-state index contributed by atoms with van der Waals surface area (Å²) in [6.45, 7) is 5.53. The Morgan fingerprint density at radius 2 is 2.04 bits per heavy atom. The van der Waals surface area contributed by atoms with Gasteiger partial charge in [-0.3, -0.25) is 14.7 Å². The molecule has 0 bridgehead atoms. The molecule has 5 nitrogen and oxygen atoms in total. The predicted octanol–water partition coefficient (Wildman–Crippen LogP) is 2.35. The van der Waals surface area contributed by atoms with Crippen LogP contribution in [0.25, 0.3) is 10.9 Å². The van der Waals surface area contributed by atoms with Gasteiger partial charge in [-0.1, -0.05) is 18.2 Å². The monoisotopic (exact) mass is 353 g/mol. The fourth-order valence-corrected chi connectivity index (χ4v) is 4.16. The lowest BCUT2D eigenvalue weighted by Gasteiger charge is -2.35. The SMILES string of the molecule is O=C(CN1CCOCC1)N1CCCC(Cc2cccc3ncccc23)C1. The Morgan fingerprint density at radius 3 is 2.92 bits per heavy atom. The molecule has 1 aromatic heterocycles. The number of hydrogen-bond acceptors (Lipinski definition) is 4. The number of likely N-dealkylation sites (tertiary alicyclic amines) is 1. The van der Waals surface area contributed by atoms with Crippen molar-refractivity contribution in [2.24, 2.45) is 5.92 Å². The van der Waals surface area contributed by atoms with E-state index in [1.165, 1.54) is 17.4 Å². The summed E-state index contributed by atoms with van der Waals surface area (Å²) in [6, 6.07) is 10.5. The summed E-state index contributed by atoms with van der Waals surface area (Å²) in [4.78, 5) is 21.5. The zero-order valence-corrected chi connectivity index (χ0v) is 15.3. The maximum Gasteiger partial charge on any atom is 0.236 e.